The number of sulfone groups is 1. The number of carbonyl (C=O) groups is 1. The lowest BCUT2D eigenvalue weighted by molar-refractivity contribution is -0.137. The summed E-state index contributed by atoms with van der Waals surface area (Å²) < 4.78 is 77.3. The standard InChI is InChI=1S/C22H23F4N3O3S/c1-13-4-7-17(28-10-13)18(30)9-14-5-6-16(23)15(8-14)20(2)12-33(31,32)21(3,19(27)29-20)11-22(24,25)26/h4-8,10H,9,11-12H2,1-3H3,(H2,27,29)/t20-,21+/m0/s1. The summed E-state index contributed by atoms with van der Waals surface area (Å²) in [5.74, 6) is -2.76. The average molecular weight is 486 g/mol. The Morgan fingerprint density at radius 1 is 1.18 bits per heavy atom. The van der Waals surface area contributed by atoms with E-state index in [2.05, 4.69) is 9.98 Å². The van der Waals surface area contributed by atoms with Crippen molar-refractivity contribution in [3.05, 3.63) is 64.7 Å². The van der Waals surface area contributed by atoms with Gasteiger partial charge in [0, 0.05) is 18.2 Å². The molecule has 1 aromatic carbocycles. The molecule has 1 aromatic heterocycles. The van der Waals surface area contributed by atoms with Gasteiger partial charge in [0.25, 0.3) is 0 Å². The summed E-state index contributed by atoms with van der Waals surface area (Å²) in [6.07, 6.45) is -5.11. The van der Waals surface area contributed by atoms with Crippen LogP contribution in [0.25, 0.3) is 0 Å². The summed E-state index contributed by atoms with van der Waals surface area (Å²) in [5, 5.41) is 0. The molecule has 11 heteroatoms. The fourth-order valence-corrected chi connectivity index (χ4v) is 5.86. The molecule has 1 aliphatic heterocycles. The van der Waals surface area contributed by atoms with Crippen LogP contribution in [-0.4, -0.2) is 41.7 Å². The van der Waals surface area contributed by atoms with Crippen molar-refractivity contribution in [1.29, 1.82) is 0 Å². The molecule has 33 heavy (non-hydrogen) atoms. The molecular formula is C22H23F4N3O3S. The lowest BCUT2D eigenvalue weighted by Gasteiger charge is -2.40. The number of Topliss-reactive ketones (excluding diaryl/α,β-unsaturated/α-hetero) is 1. The second kappa shape index (κ2) is 8.19. The predicted octanol–water partition coefficient (Wildman–Crippen LogP) is 3.67. The number of nitrogens with zero attached hydrogens (tertiary/aromatic N) is 2. The van der Waals surface area contributed by atoms with Gasteiger partial charge in [-0.25, -0.2) is 12.8 Å². The Morgan fingerprint density at radius 3 is 2.39 bits per heavy atom. The van der Waals surface area contributed by atoms with Crippen LogP contribution in [0.4, 0.5) is 17.6 Å². The summed E-state index contributed by atoms with van der Waals surface area (Å²) in [6.45, 7) is 3.97. The van der Waals surface area contributed by atoms with Crippen LogP contribution < -0.4 is 5.73 Å². The highest BCUT2D eigenvalue weighted by atomic mass is 32.2. The van der Waals surface area contributed by atoms with E-state index in [9.17, 15) is 30.8 Å². The minimum Gasteiger partial charge on any atom is -0.386 e. The van der Waals surface area contributed by atoms with E-state index in [0.29, 0.717) is 5.56 Å². The summed E-state index contributed by atoms with van der Waals surface area (Å²) in [6, 6.07) is 7.00. The first kappa shape index (κ1) is 24.8. The number of aliphatic imine (C=N–C) groups is 1. The minimum absolute atomic E-state index is 0.142. The van der Waals surface area contributed by atoms with Gasteiger partial charge in [-0.3, -0.25) is 14.8 Å². The molecule has 0 bridgehead atoms. The number of amidine groups is 1. The number of benzene rings is 1. The van der Waals surface area contributed by atoms with Crippen LogP contribution in [-0.2, 0) is 21.8 Å². The first-order valence-corrected chi connectivity index (χ1v) is 11.6. The zero-order valence-electron chi connectivity index (χ0n) is 18.2. The van der Waals surface area contributed by atoms with Gasteiger partial charge >= 0.3 is 6.18 Å². The Bertz CT molecular complexity index is 1230. The lowest BCUT2D eigenvalue weighted by atomic mass is 9.90. The Morgan fingerprint density at radius 2 is 1.85 bits per heavy atom. The quantitative estimate of drug-likeness (QED) is 0.514. The molecule has 0 spiro atoms. The smallest absolute Gasteiger partial charge is 0.386 e. The van der Waals surface area contributed by atoms with E-state index >= 15 is 0 Å². The van der Waals surface area contributed by atoms with Gasteiger partial charge in [-0.2, -0.15) is 13.2 Å². The number of aromatic nitrogens is 1. The molecule has 0 saturated heterocycles. The summed E-state index contributed by atoms with van der Waals surface area (Å²) in [4.78, 5) is 20.6. The van der Waals surface area contributed by atoms with Gasteiger partial charge < -0.3 is 5.73 Å². The van der Waals surface area contributed by atoms with Gasteiger partial charge in [0.1, 0.15) is 27.6 Å². The highest BCUT2D eigenvalue weighted by Crippen LogP contribution is 2.42. The van der Waals surface area contributed by atoms with Crippen LogP contribution in [0.3, 0.4) is 0 Å². The SMILES string of the molecule is Cc1ccc(C(=O)Cc2ccc(F)c([C@]3(C)CS(=O)(=O)[C@](C)(CC(F)(F)F)C(N)=N3)c2)nc1. The van der Waals surface area contributed by atoms with Crippen molar-refractivity contribution in [2.24, 2.45) is 10.7 Å². The van der Waals surface area contributed by atoms with E-state index in [-0.39, 0.29) is 23.5 Å². The maximum Gasteiger partial charge on any atom is 0.391 e. The molecule has 0 radical (unpaired) electrons. The average Bonchev–Trinajstić information content (AvgIpc) is 2.67. The van der Waals surface area contributed by atoms with Crippen LogP contribution in [0.2, 0.25) is 0 Å². The van der Waals surface area contributed by atoms with Crippen LogP contribution in [0.5, 0.6) is 0 Å². The molecule has 3 rings (SSSR count). The molecule has 0 aliphatic carbocycles. The summed E-state index contributed by atoms with van der Waals surface area (Å²) in [5.41, 5.74) is 5.26. The minimum atomic E-state index is -4.80. The molecule has 0 unspecified atom stereocenters. The van der Waals surface area contributed by atoms with Crippen molar-refractivity contribution >= 4 is 21.5 Å². The van der Waals surface area contributed by atoms with Crippen molar-refractivity contribution in [3.8, 4) is 0 Å². The fraction of sp³-hybridized carbons (Fsp3) is 0.409. The van der Waals surface area contributed by atoms with Crippen LogP contribution in [0, 0.1) is 12.7 Å². The first-order valence-electron chi connectivity index (χ1n) is 9.96. The van der Waals surface area contributed by atoms with Gasteiger partial charge in [-0.05, 0) is 50.1 Å². The fourth-order valence-electron chi connectivity index (χ4n) is 3.83. The predicted molar refractivity (Wildman–Crippen MR) is 115 cm³/mol. The molecular weight excluding hydrogens is 462 g/mol. The largest absolute Gasteiger partial charge is 0.391 e. The maximum absolute atomic E-state index is 14.8. The third kappa shape index (κ3) is 4.92. The molecule has 0 amide bonds. The van der Waals surface area contributed by atoms with Crippen LogP contribution >= 0.6 is 0 Å². The number of alkyl halides is 3. The summed E-state index contributed by atoms with van der Waals surface area (Å²) in [7, 11) is -4.48. The number of rotatable bonds is 5. The number of halogens is 4. The monoisotopic (exact) mass is 485 g/mol. The van der Waals surface area contributed by atoms with Crippen molar-refractivity contribution in [2.45, 2.75) is 50.1 Å². The van der Waals surface area contributed by atoms with E-state index in [1.807, 2.05) is 6.92 Å². The molecule has 1 aliphatic rings. The number of hydrogen-bond donors (Lipinski definition) is 1. The topological polar surface area (TPSA) is 102 Å². The number of nitrogens with two attached hydrogens (primary N) is 1. The lowest BCUT2D eigenvalue weighted by Crippen LogP contribution is -2.58. The zero-order chi connectivity index (χ0) is 24.8. The van der Waals surface area contributed by atoms with Crippen LogP contribution in [0.1, 0.15) is 47.4 Å². The number of ketones is 1. The van der Waals surface area contributed by atoms with E-state index in [0.717, 1.165) is 18.6 Å². The van der Waals surface area contributed by atoms with Crippen molar-refractivity contribution < 1.29 is 30.8 Å². The summed E-state index contributed by atoms with van der Waals surface area (Å²) >= 11 is 0. The number of hydrogen-bond acceptors (Lipinski definition) is 6. The molecule has 6 nitrogen and oxygen atoms in total. The molecule has 0 fully saturated rings. The van der Waals surface area contributed by atoms with Crippen molar-refractivity contribution in [2.75, 3.05) is 5.75 Å². The molecule has 2 aromatic rings. The third-order valence-electron chi connectivity index (χ3n) is 5.78. The van der Waals surface area contributed by atoms with Gasteiger partial charge in [-0.15, -0.1) is 0 Å². The molecule has 2 heterocycles. The Labute approximate surface area is 188 Å². The van der Waals surface area contributed by atoms with E-state index in [1.165, 1.54) is 25.3 Å². The number of pyridine rings is 1. The highest BCUT2D eigenvalue weighted by Gasteiger charge is 2.56. The molecule has 0 saturated carbocycles. The number of aryl methyl sites for hydroxylation is 1. The molecule has 2 atom stereocenters. The number of carbonyl (C=O) groups excluding carboxylic acids is 1. The maximum atomic E-state index is 14.8. The van der Waals surface area contributed by atoms with Gasteiger partial charge in [0.15, 0.2) is 15.6 Å². The second-order valence-corrected chi connectivity index (χ2v) is 11.1. The third-order valence-corrected chi connectivity index (χ3v) is 8.45. The zero-order valence-corrected chi connectivity index (χ0v) is 19.0. The van der Waals surface area contributed by atoms with Gasteiger partial charge in [0.05, 0.1) is 12.2 Å². The van der Waals surface area contributed by atoms with Gasteiger partial charge in [-0.1, -0.05) is 12.1 Å². The van der Waals surface area contributed by atoms with Crippen molar-refractivity contribution in [1.82, 2.24) is 4.98 Å². The Balaban J connectivity index is 2.00. The molecule has 178 valence electrons. The van der Waals surface area contributed by atoms with Gasteiger partial charge in [0.2, 0.25) is 0 Å². The second-order valence-electron chi connectivity index (χ2n) is 8.69. The van der Waals surface area contributed by atoms with Crippen molar-refractivity contribution in [3.63, 3.8) is 0 Å². The first-order chi connectivity index (χ1) is 15.1. The van der Waals surface area contributed by atoms with E-state index < -0.39 is 50.1 Å². The van der Waals surface area contributed by atoms with Crippen LogP contribution in [0.15, 0.2) is 41.5 Å². The molecule has 2 N–H and O–H groups in total. The normalized spacial score (nSPS) is 24.9. The Hall–Kier alpha value is -2.82. The van der Waals surface area contributed by atoms with E-state index in [1.54, 1.807) is 12.1 Å². The highest BCUT2D eigenvalue weighted by molar-refractivity contribution is 7.93. The Kier molecular flexibility index (Phi) is 6.16. The van der Waals surface area contributed by atoms with E-state index in [4.69, 9.17) is 5.73 Å².